The van der Waals surface area contributed by atoms with Gasteiger partial charge in [0.2, 0.25) is 0 Å². The fourth-order valence-electron chi connectivity index (χ4n) is 2.60. The maximum absolute atomic E-state index is 12.2. The van der Waals surface area contributed by atoms with Crippen molar-refractivity contribution in [2.24, 2.45) is 11.3 Å². The van der Waals surface area contributed by atoms with E-state index in [0.717, 1.165) is 5.56 Å². The Hall–Kier alpha value is -1.17. The molecule has 1 aromatic rings. The van der Waals surface area contributed by atoms with E-state index in [2.05, 4.69) is 0 Å². The lowest BCUT2D eigenvalue weighted by atomic mass is 10.0. The van der Waals surface area contributed by atoms with Crippen molar-refractivity contribution in [1.29, 1.82) is 0 Å². The topological polar surface area (TPSA) is 37.3 Å². The number of carboxylic acid groups (broad SMARTS) is 1. The Balaban J connectivity index is 2.14. The molecular weight excluding hydrogens is 277 g/mol. The summed E-state index contributed by atoms with van der Waals surface area (Å²) < 4.78 is 36.6. The van der Waals surface area contributed by atoms with Crippen molar-refractivity contribution in [3.05, 3.63) is 29.8 Å². The highest BCUT2D eigenvalue weighted by molar-refractivity contribution is 8.00. The molecule has 104 valence electrons. The van der Waals surface area contributed by atoms with Gasteiger partial charge in [-0.25, -0.2) is 0 Å². The van der Waals surface area contributed by atoms with Gasteiger partial charge in [0, 0.05) is 10.8 Å². The van der Waals surface area contributed by atoms with E-state index in [1.54, 1.807) is 12.1 Å². The predicted molar refractivity (Wildman–Crippen MR) is 66.0 cm³/mol. The second-order valence-electron chi connectivity index (χ2n) is 5.23. The van der Waals surface area contributed by atoms with Gasteiger partial charge in [-0.3, -0.25) is 4.79 Å². The highest BCUT2D eigenvalue weighted by Gasteiger charge is 2.62. The number of carboxylic acids is 1. The number of hydrogen-bond acceptors (Lipinski definition) is 2. The van der Waals surface area contributed by atoms with Gasteiger partial charge in [-0.15, -0.1) is 0 Å². The minimum absolute atomic E-state index is 0.113. The number of carbonyl (C=O) groups is 1. The van der Waals surface area contributed by atoms with Gasteiger partial charge in [0.15, 0.2) is 0 Å². The first-order valence-electron chi connectivity index (χ1n) is 5.71. The summed E-state index contributed by atoms with van der Waals surface area (Å²) in [5, 5.41) is 9.08. The standard InChI is InChI=1S/C13H13F3O2S/c1-12(2)9(10(12)11(17)18)7-3-5-8(6-4-7)19-13(14,15)16/h3-6,9-10H,1-2H3,(H,17,18). The number of hydrogen-bond donors (Lipinski definition) is 1. The molecule has 1 saturated carbocycles. The quantitative estimate of drug-likeness (QED) is 0.851. The van der Waals surface area contributed by atoms with Crippen molar-refractivity contribution in [3.8, 4) is 0 Å². The summed E-state index contributed by atoms with van der Waals surface area (Å²) >= 11 is -0.168. The summed E-state index contributed by atoms with van der Waals surface area (Å²) in [5.41, 5.74) is -3.86. The van der Waals surface area contributed by atoms with Gasteiger partial charge in [-0.1, -0.05) is 26.0 Å². The zero-order chi connectivity index (χ0) is 14.4. The number of alkyl halides is 3. The van der Waals surface area contributed by atoms with Crippen LogP contribution in [-0.4, -0.2) is 16.6 Å². The molecule has 0 saturated heterocycles. The van der Waals surface area contributed by atoms with Crippen LogP contribution in [0.5, 0.6) is 0 Å². The van der Waals surface area contributed by atoms with Gasteiger partial charge in [-0.2, -0.15) is 13.2 Å². The second kappa shape index (κ2) is 4.44. The van der Waals surface area contributed by atoms with E-state index in [4.69, 9.17) is 5.11 Å². The van der Waals surface area contributed by atoms with Crippen molar-refractivity contribution in [2.75, 3.05) is 0 Å². The molecule has 0 amide bonds. The minimum Gasteiger partial charge on any atom is -0.481 e. The van der Waals surface area contributed by atoms with Crippen molar-refractivity contribution in [1.82, 2.24) is 0 Å². The number of thioether (sulfide) groups is 1. The van der Waals surface area contributed by atoms with Crippen LogP contribution in [0, 0.1) is 11.3 Å². The van der Waals surface area contributed by atoms with E-state index in [0.29, 0.717) is 0 Å². The molecule has 0 aromatic heterocycles. The van der Waals surface area contributed by atoms with Gasteiger partial charge in [0.25, 0.3) is 0 Å². The Bertz CT molecular complexity index is 494. The molecule has 1 fully saturated rings. The molecule has 0 radical (unpaired) electrons. The van der Waals surface area contributed by atoms with Crippen LogP contribution in [0.1, 0.15) is 25.3 Å². The van der Waals surface area contributed by atoms with Gasteiger partial charge < -0.3 is 5.11 Å². The van der Waals surface area contributed by atoms with Gasteiger partial charge in [0.1, 0.15) is 0 Å². The van der Waals surface area contributed by atoms with Crippen LogP contribution in [0.3, 0.4) is 0 Å². The van der Waals surface area contributed by atoms with Crippen LogP contribution in [0.25, 0.3) is 0 Å². The Morgan fingerprint density at radius 1 is 1.26 bits per heavy atom. The van der Waals surface area contributed by atoms with E-state index in [1.807, 2.05) is 13.8 Å². The second-order valence-corrected chi connectivity index (χ2v) is 6.37. The van der Waals surface area contributed by atoms with Crippen LogP contribution < -0.4 is 0 Å². The van der Waals surface area contributed by atoms with E-state index in [9.17, 15) is 18.0 Å². The lowest BCUT2D eigenvalue weighted by molar-refractivity contribution is -0.139. The van der Waals surface area contributed by atoms with Crippen LogP contribution in [0.15, 0.2) is 29.2 Å². The third kappa shape index (κ3) is 2.88. The minimum atomic E-state index is -4.30. The van der Waals surface area contributed by atoms with Crippen LogP contribution in [0.4, 0.5) is 13.2 Å². The third-order valence-electron chi connectivity index (χ3n) is 3.57. The third-order valence-corrected chi connectivity index (χ3v) is 4.31. The van der Waals surface area contributed by atoms with E-state index >= 15 is 0 Å². The van der Waals surface area contributed by atoms with E-state index in [1.165, 1.54) is 12.1 Å². The summed E-state index contributed by atoms with van der Waals surface area (Å²) in [4.78, 5) is 11.2. The molecule has 1 N–H and O–H groups in total. The SMILES string of the molecule is CC1(C)C(C(=O)O)C1c1ccc(SC(F)(F)F)cc1. The maximum atomic E-state index is 12.2. The molecule has 0 bridgehead atoms. The smallest absolute Gasteiger partial charge is 0.446 e. The summed E-state index contributed by atoms with van der Waals surface area (Å²) in [7, 11) is 0. The number of aliphatic carboxylic acids is 1. The molecule has 19 heavy (non-hydrogen) atoms. The lowest BCUT2D eigenvalue weighted by Gasteiger charge is -2.07. The fraction of sp³-hybridized carbons (Fsp3) is 0.462. The van der Waals surface area contributed by atoms with Crippen molar-refractivity contribution >= 4 is 17.7 Å². The number of halogens is 3. The molecule has 2 unspecified atom stereocenters. The molecule has 0 heterocycles. The zero-order valence-electron chi connectivity index (χ0n) is 10.4. The maximum Gasteiger partial charge on any atom is 0.446 e. The Morgan fingerprint density at radius 3 is 2.16 bits per heavy atom. The van der Waals surface area contributed by atoms with Crippen molar-refractivity contribution in [3.63, 3.8) is 0 Å². The van der Waals surface area contributed by atoms with E-state index < -0.39 is 17.4 Å². The van der Waals surface area contributed by atoms with Gasteiger partial charge in [0.05, 0.1) is 5.92 Å². The van der Waals surface area contributed by atoms with Crippen molar-refractivity contribution < 1.29 is 23.1 Å². The summed E-state index contributed by atoms with van der Waals surface area (Å²) in [5.74, 6) is -1.45. The molecule has 2 nitrogen and oxygen atoms in total. The zero-order valence-corrected chi connectivity index (χ0v) is 11.2. The first-order chi connectivity index (χ1) is 8.63. The highest BCUT2D eigenvalue weighted by Crippen LogP contribution is 2.64. The molecule has 2 rings (SSSR count). The molecule has 6 heteroatoms. The average Bonchev–Trinajstić information content (AvgIpc) is 2.80. The van der Waals surface area contributed by atoms with Crippen LogP contribution in [-0.2, 0) is 4.79 Å². The van der Waals surface area contributed by atoms with Crippen LogP contribution >= 0.6 is 11.8 Å². The average molecular weight is 290 g/mol. The molecule has 1 aliphatic rings. The first-order valence-corrected chi connectivity index (χ1v) is 6.53. The molecule has 1 aromatic carbocycles. The molecule has 0 spiro atoms. The molecular formula is C13H13F3O2S. The number of rotatable bonds is 3. The van der Waals surface area contributed by atoms with Crippen LogP contribution in [0.2, 0.25) is 0 Å². The molecule has 2 atom stereocenters. The Labute approximate surface area is 113 Å². The highest BCUT2D eigenvalue weighted by atomic mass is 32.2. The summed E-state index contributed by atoms with van der Waals surface area (Å²) in [6.45, 7) is 3.71. The monoisotopic (exact) mass is 290 g/mol. The van der Waals surface area contributed by atoms with E-state index in [-0.39, 0.29) is 28.0 Å². The largest absolute Gasteiger partial charge is 0.481 e. The lowest BCUT2D eigenvalue weighted by Crippen LogP contribution is -2.03. The fourth-order valence-corrected chi connectivity index (χ4v) is 3.14. The van der Waals surface area contributed by atoms with Crippen molar-refractivity contribution in [2.45, 2.75) is 30.2 Å². The summed E-state index contributed by atoms with van der Waals surface area (Å²) in [6, 6.07) is 5.95. The Kier molecular flexibility index (Phi) is 3.33. The normalized spacial score (nSPS) is 25.1. The summed E-state index contributed by atoms with van der Waals surface area (Å²) in [6.07, 6.45) is 0. The predicted octanol–water partition coefficient (Wildman–Crippen LogP) is 4.12. The number of benzene rings is 1. The molecule has 0 aliphatic heterocycles. The molecule has 1 aliphatic carbocycles. The Morgan fingerprint density at radius 2 is 1.79 bits per heavy atom. The van der Waals surface area contributed by atoms with Gasteiger partial charge >= 0.3 is 11.5 Å². The van der Waals surface area contributed by atoms with Gasteiger partial charge in [-0.05, 0) is 34.9 Å². The first kappa shape index (κ1) is 14.2.